The predicted octanol–water partition coefficient (Wildman–Crippen LogP) is 2.58. The van der Waals surface area contributed by atoms with Crippen molar-refractivity contribution < 1.29 is 0 Å². The Morgan fingerprint density at radius 2 is 2.06 bits per heavy atom. The summed E-state index contributed by atoms with van der Waals surface area (Å²) in [6, 6.07) is 0.689. The second-order valence-electron chi connectivity index (χ2n) is 6.87. The van der Waals surface area contributed by atoms with Crippen molar-refractivity contribution in [1.29, 1.82) is 0 Å². The van der Waals surface area contributed by atoms with E-state index in [1.165, 1.54) is 30.9 Å². The summed E-state index contributed by atoms with van der Waals surface area (Å²) in [6.45, 7) is 11.7. The van der Waals surface area contributed by atoms with E-state index in [2.05, 4.69) is 44.4 Å². The zero-order chi connectivity index (χ0) is 12.7. The van der Waals surface area contributed by atoms with Crippen LogP contribution < -0.4 is 5.73 Å². The van der Waals surface area contributed by atoms with Crippen molar-refractivity contribution >= 4 is 11.8 Å². The third-order valence-corrected chi connectivity index (χ3v) is 6.04. The van der Waals surface area contributed by atoms with Gasteiger partial charge in [-0.15, -0.1) is 0 Å². The van der Waals surface area contributed by atoms with Gasteiger partial charge in [-0.3, -0.25) is 4.90 Å². The number of hydrogen-bond donors (Lipinski definition) is 1. The van der Waals surface area contributed by atoms with Gasteiger partial charge in [0, 0.05) is 36.2 Å². The first-order chi connectivity index (χ1) is 7.91. The minimum absolute atomic E-state index is 0.268. The summed E-state index contributed by atoms with van der Waals surface area (Å²) in [5, 5.41) is 0. The third kappa shape index (κ3) is 2.39. The predicted molar refractivity (Wildman–Crippen MR) is 77.5 cm³/mol. The third-order valence-electron chi connectivity index (χ3n) is 4.85. The maximum Gasteiger partial charge on any atom is 0.0365 e. The van der Waals surface area contributed by atoms with Crippen molar-refractivity contribution in [3.63, 3.8) is 0 Å². The zero-order valence-corrected chi connectivity index (χ0v) is 12.6. The molecule has 0 spiro atoms. The number of hydrogen-bond acceptors (Lipinski definition) is 3. The number of thioether (sulfide) groups is 1. The molecule has 0 amide bonds. The lowest BCUT2D eigenvalue weighted by Crippen LogP contribution is -2.61. The molecule has 1 aliphatic heterocycles. The molecule has 3 atom stereocenters. The van der Waals surface area contributed by atoms with Gasteiger partial charge in [-0.05, 0) is 31.1 Å². The van der Waals surface area contributed by atoms with Crippen LogP contribution in [0.15, 0.2) is 0 Å². The van der Waals surface area contributed by atoms with Gasteiger partial charge in [0.05, 0.1) is 0 Å². The first-order valence-electron chi connectivity index (χ1n) is 6.96. The van der Waals surface area contributed by atoms with Crippen LogP contribution in [-0.2, 0) is 0 Å². The molecule has 0 aromatic heterocycles. The van der Waals surface area contributed by atoms with Crippen LogP contribution in [-0.4, -0.2) is 41.1 Å². The van der Waals surface area contributed by atoms with Gasteiger partial charge in [0.2, 0.25) is 0 Å². The Labute approximate surface area is 111 Å². The van der Waals surface area contributed by atoms with Crippen LogP contribution in [0.2, 0.25) is 0 Å². The molecule has 2 nitrogen and oxygen atoms in total. The molecular weight excluding hydrogens is 228 g/mol. The Bertz CT molecular complexity index is 279. The molecule has 1 saturated heterocycles. The van der Waals surface area contributed by atoms with Gasteiger partial charge < -0.3 is 5.73 Å². The van der Waals surface area contributed by atoms with Gasteiger partial charge in [-0.25, -0.2) is 0 Å². The summed E-state index contributed by atoms with van der Waals surface area (Å²) >= 11 is 2.09. The van der Waals surface area contributed by atoms with Crippen LogP contribution in [0.25, 0.3) is 0 Å². The first-order valence-corrected chi connectivity index (χ1v) is 8.11. The van der Waals surface area contributed by atoms with Crippen molar-refractivity contribution in [3.05, 3.63) is 0 Å². The molecule has 2 fully saturated rings. The molecule has 1 aliphatic carbocycles. The van der Waals surface area contributed by atoms with Crippen LogP contribution in [0.4, 0.5) is 0 Å². The molecule has 0 aromatic carbocycles. The van der Waals surface area contributed by atoms with Gasteiger partial charge in [0.1, 0.15) is 0 Å². The van der Waals surface area contributed by atoms with E-state index >= 15 is 0 Å². The maximum absolute atomic E-state index is 6.22. The molecule has 0 bridgehead atoms. The van der Waals surface area contributed by atoms with Gasteiger partial charge in [0.15, 0.2) is 0 Å². The molecule has 100 valence electrons. The van der Waals surface area contributed by atoms with Crippen LogP contribution >= 0.6 is 11.8 Å². The Kier molecular flexibility index (Phi) is 3.82. The van der Waals surface area contributed by atoms with E-state index in [0.717, 1.165) is 12.5 Å². The van der Waals surface area contributed by atoms with Crippen LogP contribution in [0.5, 0.6) is 0 Å². The summed E-state index contributed by atoms with van der Waals surface area (Å²) < 4.78 is 0. The monoisotopic (exact) mass is 256 g/mol. The minimum Gasteiger partial charge on any atom is -0.329 e. The average Bonchev–Trinajstić information content (AvgIpc) is 2.49. The van der Waals surface area contributed by atoms with Gasteiger partial charge in [-0.2, -0.15) is 11.8 Å². The van der Waals surface area contributed by atoms with Crippen LogP contribution in [0.3, 0.4) is 0 Å². The highest BCUT2D eigenvalue weighted by molar-refractivity contribution is 7.99. The summed E-state index contributed by atoms with van der Waals surface area (Å²) in [5.74, 6) is 3.28. The highest BCUT2D eigenvalue weighted by Crippen LogP contribution is 2.51. The maximum atomic E-state index is 6.22. The second-order valence-corrected chi connectivity index (χ2v) is 8.02. The smallest absolute Gasteiger partial charge is 0.0365 e. The van der Waals surface area contributed by atoms with E-state index in [1.807, 2.05) is 0 Å². The topological polar surface area (TPSA) is 29.3 Å². The SMILES string of the molecule is CC1CSCCN1C1(CN)CC(C)(C)CC1C. The first kappa shape index (κ1) is 13.7. The Balaban J connectivity index is 2.24. The van der Waals surface area contributed by atoms with E-state index in [9.17, 15) is 0 Å². The van der Waals surface area contributed by atoms with Crippen LogP contribution in [0, 0.1) is 11.3 Å². The molecule has 1 saturated carbocycles. The van der Waals surface area contributed by atoms with Gasteiger partial charge in [-0.1, -0.05) is 20.8 Å². The van der Waals surface area contributed by atoms with Crippen molar-refractivity contribution in [2.45, 2.75) is 52.1 Å². The molecule has 2 rings (SSSR count). The minimum atomic E-state index is 0.268. The Hall–Kier alpha value is 0.270. The highest BCUT2D eigenvalue weighted by Gasteiger charge is 2.52. The molecule has 0 radical (unpaired) electrons. The van der Waals surface area contributed by atoms with E-state index in [0.29, 0.717) is 11.5 Å². The molecule has 2 aliphatic rings. The van der Waals surface area contributed by atoms with Gasteiger partial charge >= 0.3 is 0 Å². The molecular formula is C14H28N2S. The second kappa shape index (κ2) is 4.75. The molecule has 17 heavy (non-hydrogen) atoms. The fourth-order valence-electron chi connectivity index (χ4n) is 4.26. The summed E-state index contributed by atoms with van der Waals surface area (Å²) in [7, 11) is 0. The quantitative estimate of drug-likeness (QED) is 0.823. The summed E-state index contributed by atoms with van der Waals surface area (Å²) in [5.41, 5.74) is 6.95. The van der Waals surface area contributed by atoms with Crippen molar-refractivity contribution in [1.82, 2.24) is 4.90 Å². The highest BCUT2D eigenvalue weighted by atomic mass is 32.2. The fraction of sp³-hybridized carbons (Fsp3) is 1.00. The summed E-state index contributed by atoms with van der Waals surface area (Å²) in [4.78, 5) is 2.74. The fourth-order valence-corrected chi connectivity index (χ4v) is 5.27. The molecule has 0 aromatic rings. The van der Waals surface area contributed by atoms with Crippen molar-refractivity contribution in [3.8, 4) is 0 Å². The van der Waals surface area contributed by atoms with Crippen molar-refractivity contribution in [2.75, 3.05) is 24.6 Å². The van der Waals surface area contributed by atoms with E-state index in [4.69, 9.17) is 5.73 Å². The number of nitrogens with two attached hydrogens (primary N) is 1. The number of nitrogens with zero attached hydrogens (tertiary/aromatic N) is 1. The van der Waals surface area contributed by atoms with Crippen LogP contribution in [0.1, 0.15) is 40.5 Å². The molecule has 3 heteroatoms. The lowest BCUT2D eigenvalue weighted by atomic mass is 9.83. The zero-order valence-electron chi connectivity index (χ0n) is 11.8. The average molecular weight is 256 g/mol. The normalized spacial score (nSPS) is 42.9. The molecule has 1 heterocycles. The lowest BCUT2D eigenvalue weighted by molar-refractivity contribution is 0.0357. The molecule has 3 unspecified atom stereocenters. The van der Waals surface area contributed by atoms with Gasteiger partial charge in [0.25, 0.3) is 0 Å². The lowest BCUT2D eigenvalue weighted by Gasteiger charge is -2.49. The Morgan fingerprint density at radius 1 is 1.35 bits per heavy atom. The summed E-state index contributed by atoms with van der Waals surface area (Å²) in [6.07, 6.45) is 2.59. The van der Waals surface area contributed by atoms with Crippen molar-refractivity contribution in [2.24, 2.45) is 17.1 Å². The molecule has 2 N–H and O–H groups in total. The Morgan fingerprint density at radius 3 is 2.53 bits per heavy atom. The van der Waals surface area contributed by atoms with E-state index in [1.54, 1.807) is 0 Å². The number of rotatable bonds is 2. The van der Waals surface area contributed by atoms with E-state index < -0.39 is 0 Å². The van der Waals surface area contributed by atoms with E-state index in [-0.39, 0.29) is 5.54 Å². The standard InChI is InChI=1S/C14H28N2S/c1-11-7-13(3,4)9-14(11,10-15)16-5-6-17-8-12(16)2/h11-12H,5-10,15H2,1-4H3. The largest absolute Gasteiger partial charge is 0.329 e.